The summed E-state index contributed by atoms with van der Waals surface area (Å²) in [5, 5.41) is 3.48. The summed E-state index contributed by atoms with van der Waals surface area (Å²) in [6, 6.07) is 5.15. The number of nitrogens with one attached hydrogen (secondary N) is 1. The number of anilines is 1. The van der Waals surface area contributed by atoms with Gasteiger partial charge in [0.1, 0.15) is 0 Å². The Morgan fingerprint density at radius 3 is 2.48 bits per heavy atom. The van der Waals surface area contributed by atoms with Gasteiger partial charge in [-0.2, -0.15) is 13.2 Å². The molecule has 1 aliphatic rings. The third kappa shape index (κ3) is 4.13. The normalized spacial score (nSPS) is 17.3. The van der Waals surface area contributed by atoms with Crippen molar-refractivity contribution < 1.29 is 13.2 Å². The number of hydrogen-bond acceptors (Lipinski definition) is 2. The average molecular weight is 300 g/mol. The average Bonchev–Trinajstić information content (AvgIpc) is 2.45. The van der Waals surface area contributed by atoms with Gasteiger partial charge in [0, 0.05) is 24.8 Å². The van der Waals surface area contributed by atoms with E-state index in [-0.39, 0.29) is 5.56 Å². The summed E-state index contributed by atoms with van der Waals surface area (Å²) in [6.45, 7) is 6.26. The molecular weight excluding hydrogens is 277 g/mol. The zero-order valence-electron chi connectivity index (χ0n) is 12.6. The summed E-state index contributed by atoms with van der Waals surface area (Å²) in [5.41, 5.74) is 0.443. The molecule has 1 heterocycles. The highest BCUT2D eigenvalue weighted by Gasteiger charge is 2.33. The van der Waals surface area contributed by atoms with Crippen LogP contribution >= 0.6 is 0 Å². The Morgan fingerprint density at radius 2 is 1.90 bits per heavy atom. The number of nitrogens with zero attached hydrogens (tertiary/aromatic N) is 1. The van der Waals surface area contributed by atoms with Crippen LogP contribution in [0.25, 0.3) is 0 Å². The van der Waals surface area contributed by atoms with E-state index in [9.17, 15) is 13.2 Å². The third-order valence-electron chi connectivity index (χ3n) is 4.07. The molecule has 0 aromatic heterocycles. The van der Waals surface area contributed by atoms with Gasteiger partial charge in [-0.05, 0) is 50.4 Å². The number of benzene rings is 1. The molecule has 0 unspecified atom stereocenters. The van der Waals surface area contributed by atoms with Crippen LogP contribution in [0.1, 0.15) is 37.3 Å². The predicted molar refractivity (Wildman–Crippen MR) is 79.7 cm³/mol. The lowest BCUT2D eigenvalue weighted by atomic mass is 10.0. The first-order valence-corrected chi connectivity index (χ1v) is 7.58. The summed E-state index contributed by atoms with van der Waals surface area (Å²) in [6.07, 6.45) is -1.21. The van der Waals surface area contributed by atoms with Crippen molar-refractivity contribution >= 4 is 5.69 Å². The maximum absolute atomic E-state index is 13.0. The Bertz CT molecular complexity index is 463. The summed E-state index contributed by atoms with van der Waals surface area (Å²) in [4.78, 5) is 2.05. The van der Waals surface area contributed by atoms with E-state index in [2.05, 4.69) is 17.1 Å². The number of alkyl halides is 3. The van der Waals surface area contributed by atoms with Crippen LogP contribution in [0.3, 0.4) is 0 Å². The zero-order valence-corrected chi connectivity index (χ0v) is 12.6. The molecule has 1 aromatic carbocycles. The molecule has 0 bridgehead atoms. The monoisotopic (exact) mass is 300 g/mol. The Labute approximate surface area is 124 Å². The first kappa shape index (κ1) is 16.1. The van der Waals surface area contributed by atoms with E-state index in [0.29, 0.717) is 11.7 Å². The van der Waals surface area contributed by atoms with Gasteiger partial charge in [-0.1, -0.05) is 13.0 Å². The van der Waals surface area contributed by atoms with E-state index in [4.69, 9.17) is 0 Å². The molecule has 1 aromatic rings. The molecule has 1 fully saturated rings. The minimum atomic E-state index is -4.28. The van der Waals surface area contributed by atoms with E-state index in [0.717, 1.165) is 38.9 Å². The Hall–Kier alpha value is -1.23. The van der Waals surface area contributed by atoms with Crippen LogP contribution in [0.5, 0.6) is 0 Å². The largest absolute Gasteiger partial charge is 0.416 e. The highest BCUT2D eigenvalue weighted by Crippen LogP contribution is 2.34. The smallest absolute Gasteiger partial charge is 0.371 e. The number of hydrogen-bond donors (Lipinski definition) is 1. The molecule has 0 amide bonds. The highest BCUT2D eigenvalue weighted by atomic mass is 19.4. The van der Waals surface area contributed by atoms with Crippen molar-refractivity contribution in [3.05, 3.63) is 29.3 Å². The molecule has 118 valence electrons. The molecule has 1 aliphatic heterocycles. The molecule has 5 heteroatoms. The second-order valence-corrected chi connectivity index (χ2v) is 5.71. The number of aryl methyl sites for hydroxylation is 1. The number of rotatable bonds is 4. The van der Waals surface area contributed by atoms with Gasteiger partial charge in [0.2, 0.25) is 0 Å². The second kappa shape index (κ2) is 6.69. The van der Waals surface area contributed by atoms with Crippen molar-refractivity contribution in [1.29, 1.82) is 0 Å². The first-order chi connectivity index (χ1) is 9.91. The van der Waals surface area contributed by atoms with E-state index >= 15 is 0 Å². The van der Waals surface area contributed by atoms with Crippen molar-refractivity contribution in [2.24, 2.45) is 0 Å². The Morgan fingerprint density at radius 1 is 1.24 bits per heavy atom. The molecule has 0 saturated carbocycles. The van der Waals surface area contributed by atoms with E-state index in [1.807, 2.05) is 0 Å². The van der Waals surface area contributed by atoms with Gasteiger partial charge in [0.15, 0.2) is 0 Å². The lowest BCUT2D eigenvalue weighted by Crippen LogP contribution is -2.42. The molecule has 0 spiro atoms. The maximum atomic E-state index is 13.0. The standard InChI is InChI=1S/C16H23F3N2/c1-3-8-20-13-6-9-21(10-7-13)14-5-4-12(2)15(11-14)16(17,18)19/h4-5,11,13,20H,3,6-10H2,1-2H3. The van der Waals surface area contributed by atoms with Gasteiger partial charge in [-0.3, -0.25) is 0 Å². The minimum Gasteiger partial charge on any atom is -0.371 e. The zero-order chi connectivity index (χ0) is 15.5. The van der Waals surface area contributed by atoms with Crippen LogP contribution in [-0.2, 0) is 6.18 Å². The molecular formula is C16H23F3N2. The van der Waals surface area contributed by atoms with Crippen molar-refractivity contribution in [3.63, 3.8) is 0 Å². The highest BCUT2D eigenvalue weighted by molar-refractivity contribution is 5.52. The van der Waals surface area contributed by atoms with Crippen molar-refractivity contribution in [2.45, 2.75) is 45.3 Å². The van der Waals surface area contributed by atoms with Crippen LogP contribution in [0.2, 0.25) is 0 Å². The van der Waals surface area contributed by atoms with Crippen LogP contribution < -0.4 is 10.2 Å². The van der Waals surface area contributed by atoms with Crippen molar-refractivity contribution in [1.82, 2.24) is 5.32 Å². The summed E-state index contributed by atoms with van der Waals surface area (Å²) >= 11 is 0. The Balaban J connectivity index is 2.04. The van der Waals surface area contributed by atoms with Crippen molar-refractivity contribution in [3.8, 4) is 0 Å². The fraction of sp³-hybridized carbons (Fsp3) is 0.625. The first-order valence-electron chi connectivity index (χ1n) is 7.58. The van der Waals surface area contributed by atoms with E-state index in [1.165, 1.54) is 13.0 Å². The van der Waals surface area contributed by atoms with Gasteiger partial charge in [-0.15, -0.1) is 0 Å². The number of halogens is 3. The molecule has 0 radical (unpaired) electrons. The quantitative estimate of drug-likeness (QED) is 0.904. The third-order valence-corrected chi connectivity index (χ3v) is 4.07. The Kier molecular flexibility index (Phi) is 5.14. The lowest BCUT2D eigenvalue weighted by Gasteiger charge is -2.34. The van der Waals surface area contributed by atoms with E-state index < -0.39 is 11.7 Å². The molecule has 0 atom stereocenters. The lowest BCUT2D eigenvalue weighted by molar-refractivity contribution is -0.138. The van der Waals surface area contributed by atoms with Gasteiger partial charge < -0.3 is 10.2 Å². The number of piperidine rings is 1. The maximum Gasteiger partial charge on any atom is 0.416 e. The van der Waals surface area contributed by atoms with Gasteiger partial charge in [0.05, 0.1) is 5.56 Å². The molecule has 21 heavy (non-hydrogen) atoms. The summed E-state index contributed by atoms with van der Waals surface area (Å²) < 4.78 is 38.9. The molecule has 0 aliphatic carbocycles. The van der Waals surface area contributed by atoms with Gasteiger partial charge in [-0.25, -0.2) is 0 Å². The fourth-order valence-corrected chi connectivity index (χ4v) is 2.80. The van der Waals surface area contributed by atoms with Gasteiger partial charge in [0.25, 0.3) is 0 Å². The second-order valence-electron chi connectivity index (χ2n) is 5.71. The molecule has 2 rings (SSSR count). The van der Waals surface area contributed by atoms with Crippen LogP contribution in [0, 0.1) is 6.92 Å². The molecule has 1 saturated heterocycles. The summed E-state index contributed by atoms with van der Waals surface area (Å²) in [5.74, 6) is 0. The van der Waals surface area contributed by atoms with Gasteiger partial charge >= 0.3 is 6.18 Å². The van der Waals surface area contributed by atoms with E-state index in [1.54, 1.807) is 12.1 Å². The fourth-order valence-electron chi connectivity index (χ4n) is 2.80. The SMILES string of the molecule is CCCNC1CCN(c2ccc(C)c(C(F)(F)F)c2)CC1. The minimum absolute atomic E-state index is 0.283. The molecule has 1 N–H and O–H groups in total. The van der Waals surface area contributed by atoms with Crippen LogP contribution in [-0.4, -0.2) is 25.7 Å². The van der Waals surface area contributed by atoms with Crippen LogP contribution in [0.4, 0.5) is 18.9 Å². The van der Waals surface area contributed by atoms with Crippen molar-refractivity contribution in [2.75, 3.05) is 24.5 Å². The topological polar surface area (TPSA) is 15.3 Å². The van der Waals surface area contributed by atoms with Crippen LogP contribution in [0.15, 0.2) is 18.2 Å². The molecule has 2 nitrogen and oxygen atoms in total. The summed E-state index contributed by atoms with van der Waals surface area (Å²) in [7, 11) is 0. The predicted octanol–water partition coefficient (Wildman–Crippen LogP) is 3.98.